The zero-order valence-electron chi connectivity index (χ0n) is 16.6. The van der Waals surface area contributed by atoms with Crippen molar-refractivity contribution >= 4 is 11.8 Å². The Morgan fingerprint density at radius 3 is 2.13 bits per heavy atom. The lowest BCUT2D eigenvalue weighted by Crippen LogP contribution is -2.42. The average molecular weight is 413 g/mol. The minimum Gasteiger partial charge on any atom is -0.496 e. The first-order chi connectivity index (χ1) is 15.2. The van der Waals surface area contributed by atoms with Crippen molar-refractivity contribution in [1.82, 2.24) is 25.6 Å². The number of hydrazine groups is 1. The van der Waals surface area contributed by atoms with E-state index in [2.05, 4.69) is 20.9 Å². The van der Waals surface area contributed by atoms with Gasteiger partial charge in [-0.25, -0.2) is 9.67 Å². The highest BCUT2D eigenvalue weighted by atomic mass is 16.5. The van der Waals surface area contributed by atoms with Gasteiger partial charge in [0, 0.05) is 5.56 Å². The zero-order valence-corrected chi connectivity index (χ0v) is 16.6. The van der Waals surface area contributed by atoms with Crippen molar-refractivity contribution in [2.24, 2.45) is 0 Å². The lowest BCUT2D eigenvalue weighted by atomic mass is 10.2. The van der Waals surface area contributed by atoms with Gasteiger partial charge in [0.2, 0.25) is 5.82 Å². The van der Waals surface area contributed by atoms with Crippen molar-refractivity contribution in [3.63, 3.8) is 0 Å². The van der Waals surface area contributed by atoms with E-state index in [1.165, 1.54) is 7.11 Å². The quantitative estimate of drug-likeness (QED) is 0.490. The first-order valence-electron chi connectivity index (χ1n) is 9.49. The summed E-state index contributed by atoms with van der Waals surface area (Å²) in [7, 11) is 1.47. The first kappa shape index (κ1) is 19.8. The third-order valence-electron chi connectivity index (χ3n) is 4.48. The fraction of sp³-hybridized carbons (Fsp3) is 0.0435. The molecule has 0 radical (unpaired) electrons. The molecular formula is C23H19N5O3. The zero-order chi connectivity index (χ0) is 21.6. The molecule has 4 rings (SSSR count). The maximum absolute atomic E-state index is 12.7. The first-order valence-corrected chi connectivity index (χ1v) is 9.49. The fourth-order valence-corrected chi connectivity index (χ4v) is 3.00. The van der Waals surface area contributed by atoms with Crippen molar-refractivity contribution in [2.75, 3.05) is 7.11 Å². The van der Waals surface area contributed by atoms with Gasteiger partial charge in [-0.05, 0) is 24.3 Å². The summed E-state index contributed by atoms with van der Waals surface area (Å²) in [5.74, 6) is -0.338. The Bertz CT molecular complexity index is 1150. The number of methoxy groups -OCH3 is 1. The van der Waals surface area contributed by atoms with E-state index in [0.717, 1.165) is 11.3 Å². The SMILES string of the molecule is COc1ccccc1C(=O)NNC(=O)c1nc(-c2ccccc2)n(-c2ccccc2)n1. The Hall–Kier alpha value is -4.46. The van der Waals surface area contributed by atoms with E-state index >= 15 is 0 Å². The number of nitrogens with one attached hydrogen (secondary N) is 2. The summed E-state index contributed by atoms with van der Waals surface area (Å²) in [6, 6.07) is 25.5. The van der Waals surface area contributed by atoms with Gasteiger partial charge in [-0.1, -0.05) is 60.7 Å². The van der Waals surface area contributed by atoms with Crippen molar-refractivity contribution in [2.45, 2.75) is 0 Å². The highest BCUT2D eigenvalue weighted by molar-refractivity contribution is 5.99. The van der Waals surface area contributed by atoms with Gasteiger partial charge < -0.3 is 4.74 Å². The van der Waals surface area contributed by atoms with Crippen LogP contribution in [0.2, 0.25) is 0 Å². The summed E-state index contributed by atoms with van der Waals surface area (Å²) in [5, 5.41) is 4.36. The number of ether oxygens (including phenoxy) is 1. The summed E-state index contributed by atoms with van der Waals surface area (Å²) < 4.78 is 6.76. The molecule has 31 heavy (non-hydrogen) atoms. The Kier molecular flexibility index (Phi) is 5.70. The van der Waals surface area contributed by atoms with Crippen molar-refractivity contribution in [1.29, 1.82) is 0 Å². The van der Waals surface area contributed by atoms with Gasteiger partial charge in [-0.15, -0.1) is 5.10 Å². The van der Waals surface area contributed by atoms with E-state index in [4.69, 9.17) is 4.74 Å². The standard InChI is InChI=1S/C23H19N5O3/c1-31-19-15-9-8-14-18(19)22(29)25-26-23(30)20-24-21(16-10-4-2-5-11-16)28(27-20)17-12-6-3-7-13-17/h2-15H,1H3,(H,25,29)(H,26,30). The van der Waals surface area contributed by atoms with Crippen LogP contribution in [0.4, 0.5) is 0 Å². The smallest absolute Gasteiger partial charge is 0.309 e. The molecule has 0 spiro atoms. The minimum absolute atomic E-state index is 0.0805. The highest BCUT2D eigenvalue weighted by Gasteiger charge is 2.20. The molecule has 2 amide bonds. The van der Waals surface area contributed by atoms with Crippen molar-refractivity contribution in [3.8, 4) is 22.8 Å². The van der Waals surface area contributed by atoms with Gasteiger partial charge in [0.05, 0.1) is 18.4 Å². The van der Waals surface area contributed by atoms with E-state index in [0.29, 0.717) is 11.6 Å². The summed E-state index contributed by atoms with van der Waals surface area (Å²) >= 11 is 0. The number of aromatic nitrogens is 3. The Balaban J connectivity index is 1.59. The third-order valence-corrected chi connectivity index (χ3v) is 4.48. The number of carbonyl (C=O) groups excluding carboxylic acids is 2. The maximum Gasteiger partial charge on any atom is 0.309 e. The van der Waals surface area contributed by atoms with Gasteiger partial charge in [0.15, 0.2) is 5.82 Å². The Morgan fingerprint density at radius 2 is 1.42 bits per heavy atom. The molecule has 0 saturated heterocycles. The molecule has 0 bridgehead atoms. The van der Waals surface area contributed by atoms with Crippen LogP contribution < -0.4 is 15.6 Å². The van der Waals surface area contributed by atoms with E-state index in [1.54, 1.807) is 28.9 Å². The van der Waals surface area contributed by atoms with Crippen LogP contribution in [0.3, 0.4) is 0 Å². The molecule has 8 heteroatoms. The van der Waals surface area contributed by atoms with Gasteiger partial charge in [-0.2, -0.15) is 0 Å². The van der Waals surface area contributed by atoms with Crippen LogP contribution in [0.1, 0.15) is 21.0 Å². The highest BCUT2D eigenvalue weighted by Crippen LogP contribution is 2.21. The predicted molar refractivity (Wildman–Crippen MR) is 115 cm³/mol. The van der Waals surface area contributed by atoms with Gasteiger partial charge in [0.25, 0.3) is 5.91 Å². The van der Waals surface area contributed by atoms with E-state index in [1.807, 2.05) is 60.7 Å². The Labute approximate surface area is 178 Å². The molecular weight excluding hydrogens is 394 g/mol. The monoisotopic (exact) mass is 413 g/mol. The number of nitrogens with zero attached hydrogens (tertiary/aromatic N) is 3. The molecule has 0 aliphatic carbocycles. The average Bonchev–Trinajstić information content (AvgIpc) is 3.29. The number of rotatable bonds is 5. The summed E-state index contributed by atoms with van der Waals surface area (Å²) in [6.07, 6.45) is 0. The van der Waals surface area contributed by atoms with Crippen LogP contribution >= 0.6 is 0 Å². The number of para-hydroxylation sites is 2. The largest absolute Gasteiger partial charge is 0.496 e. The molecule has 4 aromatic rings. The fourth-order valence-electron chi connectivity index (χ4n) is 3.00. The second-order valence-corrected chi connectivity index (χ2v) is 6.48. The molecule has 0 unspecified atom stereocenters. The molecule has 0 saturated carbocycles. The number of hydrogen-bond acceptors (Lipinski definition) is 5. The molecule has 2 N–H and O–H groups in total. The van der Waals surface area contributed by atoms with Gasteiger partial charge in [0.1, 0.15) is 5.75 Å². The summed E-state index contributed by atoms with van der Waals surface area (Å²) in [5.41, 5.74) is 6.58. The van der Waals surface area contributed by atoms with E-state index in [9.17, 15) is 9.59 Å². The predicted octanol–water partition coefficient (Wildman–Crippen LogP) is 3.02. The van der Waals surface area contributed by atoms with Gasteiger partial charge >= 0.3 is 5.91 Å². The molecule has 0 aliphatic rings. The summed E-state index contributed by atoms with van der Waals surface area (Å²) in [6.45, 7) is 0. The minimum atomic E-state index is -0.643. The van der Waals surface area contributed by atoms with Crippen LogP contribution in [-0.4, -0.2) is 33.7 Å². The molecule has 3 aromatic carbocycles. The van der Waals surface area contributed by atoms with Crippen molar-refractivity contribution in [3.05, 3.63) is 96.3 Å². The molecule has 0 fully saturated rings. The molecule has 154 valence electrons. The van der Waals surface area contributed by atoms with Crippen LogP contribution in [0.15, 0.2) is 84.9 Å². The van der Waals surface area contributed by atoms with E-state index in [-0.39, 0.29) is 11.4 Å². The lowest BCUT2D eigenvalue weighted by Gasteiger charge is -2.09. The van der Waals surface area contributed by atoms with Crippen LogP contribution in [-0.2, 0) is 0 Å². The third kappa shape index (κ3) is 4.27. The normalized spacial score (nSPS) is 10.4. The topological polar surface area (TPSA) is 98.1 Å². The molecule has 0 atom stereocenters. The summed E-state index contributed by atoms with van der Waals surface area (Å²) in [4.78, 5) is 29.5. The Morgan fingerprint density at radius 1 is 0.806 bits per heavy atom. The van der Waals surface area contributed by atoms with Crippen molar-refractivity contribution < 1.29 is 14.3 Å². The second kappa shape index (κ2) is 8.91. The second-order valence-electron chi connectivity index (χ2n) is 6.48. The molecule has 8 nitrogen and oxygen atoms in total. The maximum atomic E-state index is 12.7. The van der Waals surface area contributed by atoms with Crippen LogP contribution in [0.25, 0.3) is 17.1 Å². The molecule has 0 aliphatic heterocycles. The van der Waals surface area contributed by atoms with Crippen LogP contribution in [0.5, 0.6) is 5.75 Å². The number of hydrogen-bond donors (Lipinski definition) is 2. The number of carbonyl (C=O) groups is 2. The molecule has 1 heterocycles. The number of benzene rings is 3. The van der Waals surface area contributed by atoms with Gasteiger partial charge in [-0.3, -0.25) is 20.4 Å². The molecule has 1 aromatic heterocycles. The number of amides is 2. The lowest BCUT2D eigenvalue weighted by molar-refractivity contribution is 0.0839. The van der Waals surface area contributed by atoms with E-state index < -0.39 is 11.8 Å². The van der Waals surface area contributed by atoms with Crippen LogP contribution in [0, 0.1) is 0 Å².